The molecule has 3 rings (SSSR count). The van der Waals surface area contributed by atoms with Gasteiger partial charge in [-0.25, -0.2) is 0 Å². The first-order chi connectivity index (χ1) is 19.5. The molecule has 0 bridgehead atoms. The summed E-state index contributed by atoms with van der Waals surface area (Å²) in [6, 6.07) is 16.1. The highest BCUT2D eigenvalue weighted by molar-refractivity contribution is 5.88. The van der Waals surface area contributed by atoms with Crippen LogP contribution in [-0.2, 0) is 23.7 Å². The van der Waals surface area contributed by atoms with E-state index in [0.29, 0.717) is 11.8 Å². The lowest BCUT2D eigenvalue weighted by Crippen LogP contribution is -2.13. The van der Waals surface area contributed by atoms with E-state index in [-0.39, 0.29) is 22.3 Å². The molecule has 0 saturated carbocycles. The van der Waals surface area contributed by atoms with E-state index < -0.39 is 0 Å². The molecule has 0 fully saturated rings. The summed E-state index contributed by atoms with van der Waals surface area (Å²) in [5, 5.41) is 22.3. The Bertz CT molecular complexity index is 1310. The van der Waals surface area contributed by atoms with Crippen LogP contribution in [0.5, 0.6) is 11.5 Å². The van der Waals surface area contributed by atoms with Gasteiger partial charge in [0, 0.05) is 34.7 Å². The summed E-state index contributed by atoms with van der Waals surface area (Å²) in [4.78, 5) is 9.45. The Morgan fingerprint density at radius 1 is 0.619 bits per heavy atom. The number of benzene rings is 3. The molecule has 3 aromatic carbocycles. The first-order valence-electron chi connectivity index (χ1n) is 15.5. The summed E-state index contributed by atoms with van der Waals surface area (Å²) in [7, 11) is 0. The number of aromatic hydroxyl groups is 2. The molecule has 226 valence electrons. The predicted octanol–water partition coefficient (Wildman–Crippen LogP) is 10.4. The Labute approximate surface area is 254 Å². The second-order valence-electron chi connectivity index (χ2n) is 14.6. The summed E-state index contributed by atoms with van der Waals surface area (Å²) in [5.41, 5.74) is 6.91. The number of phenolic OH excluding ortho intramolecular Hbond substituents is 2. The van der Waals surface area contributed by atoms with Gasteiger partial charge in [0.2, 0.25) is 0 Å². The van der Waals surface area contributed by atoms with E-state index >= 15 is 0 Å². The van der Waals surface area contributed by atoms with Crippen molar-refractivity contribution >= 4 is 23.8 Å². The van der Waals surface area contributed by atoms with Gasteiger partial charge in [-0.05, 0) is 89.8 Å². The van der Waals surface area contributed by atoms with Gasteiger partial charge in [-0.1, -0.05) is 87.4 Å². The maximum atomic E-state index is 11.1. The highest BCUT2D eigenvalue weighted by atomic mass is 16.3. The van der Waals surface area contributed by atoms with Crippen molar-refractivity contribution in [2.45, 2.75) is 106 Å². The monoisotopic (exact) mass is 568 g/mol. The number of hydrogen-bond donors (Lipinski definition) is 2. The molecular formula is C38H52N2O2. The highest BCUT2D eigenvalue weighted by Gasteiger charge is 2.22. The van der Waals surface area contributed by atoms with Gasteiger partial charge in [0.05, 0.1) is 11.4 Å². The Morgan fingerprint density at radius 3 is 1.33 bits per heavy atom. The molecule has 0 amide bonds. The zero-order chi connectivity index (χ0) is 31.2. The van der Waals surface area contributed by atoms with Gasteiger partial charge in [-0.15, -0.1) is 0 Å². The van der Waals surface area contributed by atoms with E-state index in [4.69, 9.17) is 9.98 Å². The standard InChI is InChI=1S/C38H52N2O2/c1-25(2)14-16-27-18-29(35(41)33(20-27)37(5,6)7)23-39-31-12-11-13-32(22-31)40-24-30-19-28(17-15-26(3)4)21-34(36(30)42)38(8,9)10/h11-13,18-26,41-42H,14-17H2,1-10H3. The van der Waals surface area contributed by atoms with Crippen molar-refractivity contribution in [2.75, 3.05) is 0 Å². The average molecular weight is 569 g/mol. The SMILES string of the molecule is CC(C)CCc1cc(C=Nc2cccc(N=Cc3cc(CCC(C)C)cc(C(C)(C)C)c3O)c2)c(O)c(C(C)(C)C)c1. The number of aliphatic imine (C=N–C) groups is 2. The molecule has 4 heteroatoms. The molecule has 42 heavy (non-hydrogen) atoms. The van der Waals surface area contributed by atoms with Gasteiger partial charge in [-0.2, -0.15) is 0 Å². The molecule has 0 aliphatic carbocycles. The number of phenols is 2. The van der Waals surface area contributed by atoms with E-state index in [1.807, 2.05) is 24.3 Å². The molecule has 0 aromatic heterocycles. The van der Waals surface area contributed by atoms with Crippen LogP contribution in [-0.4, -0.2) is 22.6 Å². The fourth-order valence-electron chi connectivity index (χ4n) is 4.92. The van der Waals surface area contributed by atoms with Crippen molar-refractivity contribution in [3.8, 4) is 11.5 Å². The van der Waals surface area contributed by atoms with E-state index in [1.54, 1.807) is 12.4 Å². The Hall–Kier alpha value is -3.40. The minimum Gasteiger partial charge on any atom is -0.507 e. The molecule has 3 aromatic rings. The van der Waals surface area contributed by atoms with E-state index in [0.717, 1.165) is 59.3 Å². The quantitative estimate of drug-likeness (QED) is 0.239. The van der Waals surface area contributed by atoms with Crippen LogP contribution < -0.4 is 0 Å². The van der Waals surface area contributed by atoms with E-state index in [9.17, 15) is 10.2 Å². The number of hydrogen-bond acceptors (Lipinski definition) is 4. The van der Waals surface area contributed by atoms with Crippen LogP contribution in [0.2, 0.25) is 0 Å². The number of nitrogens with zero attached hydrogens (tertiary/aromatic N) is 2. The second kappa shape index (κ2) is 13.7. The van der Waals surface area contributed by atoms with Crippen molar-refractivity contribution < 1.29 is 10.2 Å². The van der Waals surface area contributed by atoms with Crippen LogP contribution in [0.4, 0.5) is 11.4 Å². The fourth-order valence-corrected chi connectivity index (χ4v) is 4.92. The van der Waals surface area contributed by atoms with Crippen LogP contribution >= 0.6 is 0 Å². The summed E-state index contributed by atoms with van der Waals surface area (Å²) >= 11 is 0. The lowest BCUT2D eigenvalue weighted by Gasteiger charge is -2.23. The average Bonchev–Trinajstić information content (AvgIpc) is 2.89. The summed E-state index contributed by atoms with van der Waals surface area (Å²) in [6.07, 6.45) is 7.64. The van der Waals surface area contributed by atoms with Crippen LogP contribution in [0.1, 0.15) is 115 Å². The molecule has 0 unspecified atom stereocenters. The first kappa shape index (κ1) is 33.1. The normalized spacial score (nSPS) is 12.9. The summed E-state index contributed by atoms with van der Waals surface area (Å²) in [6.45, 7) is 21.7. The zero-order valence-corrected chi connectivity index (χ0v) is 27.5. The van der Waals surface area contributed by atoms with Crippen LogP contribution in [0.3, 0.4) is 0 Å². The molecule has 2 N–H and O–H groups in total. The van der Waals surface area contributed by atoms with Gasteiger partial charge >= 0.3 is 0 Å². The Kier molecular flexibility index (Phi) is 10.8. The number of rotatable bonds is 10. The van der Waals surface area contributed by atoms with Crippen molar-refractivity contribution in [3.63, 3.8) is 0 Å². The second-order valence-corrected chi connectivity index (χ2v) is 14.6. The van der Waals surface area contributed by atoms with Crippen LogP contribution in [0.15, 0.2) is 58.5 Å². The van der Waals surface area contributed by atoms with Crippen molar-refractivity contribution in [3.05, 3.63) is 81.9 Å². The topological polar surface area (TPSA) is 65.2 Å². The van der Waals surface area contributed by atoms with Crippen molar-refractivity contribution in [2.24, 2.45) is 21.8 Å². The van der Waals surface area contributed by atoms with Crippen LogP contribution in [0, 0.1) is 11.8 Å². The van der Waals surface area contributed by atoms with Crippen LogP contribution in [0.25, 0.3) is 0 Å². The molecule has 0 spiro atoms. The van der Waals surface area contributed by atoms with Gasteiger partial charge < -0.3 is 10.2 Å². The molecule has 0 radical (unpaired) electrons. The molecule has 4 nitrogen and oxygen atoms in total. The molecule has 0 atom stereocenters. The number of aryl methyl sites for hydroxylation is 2. The third kappa shape index (κ3) is 9.31. The highest BCUT2D eigenvalue weighted by Crippen LogP contribution is 2.36. The summed E-state index contributed by atoms with van der Waals surface area (Å²) < 4.78 is 0. The largest absolute Gasteiger partial charge is 0.507 e. The molecule has 0 aliphatic heterocycles. The fraction of sp³-hybridized carbons (Fsp3) is 0.474. The molecule has 0 heterocycles. The van der Waals surface area contributed by atoms with Gasteiger partial charge in [-0.3, -0.25) is 9.98 Å². The lowest BCUT2D eigenvalue weighted by atomic mass is 9.83. The predicted molar refractivity (Wildman–Crippen MR) is 181 cm³/mol. The maximum Gasteiger partial charge on any atom is 0.128 e. The van der Waals surface area contributed by atoms with Crippen molar-refractivity contribution in [1.29, 1.82) is 0 Å². The van der Waals surface area contributed by atoms with Gasteiger partial charge in [0.25, 0.3) is 0 Å². The smallest absolute Gasteiger partial charge is 0.128 e. The van der Waals surface area contributed by atoms with E-state index in [2.05, 4.69) is 93.5 Å². The van der Waals surface area contributed by atoms with Crippen molar-refractivity contribution in [1.82, 2.24) is 0 Å². The Morgan fingerprint density at radius 2 is 1.00 bits per heavy atom. The van der Waals surface area contributed by atoms with E-state index in [1.165, 1.54) is 11.1 Å². The van der Waals surface area contributed by atoms with Gasteiger partial charge in [0.1, 0.15) is 11.5 Å². The summed E-state index contributed by atoms with van der Waals surface area (Å²) in [5.74, 6) is 1.80. The van der Waals surface area contributed by atoms with Gasteiger partial charge in [0.15, 0.2) is 0 Å². The molecular weight excluding hydrogens is 516 g/mol. The third-order valence-corrected chi connectivity index (χ3v) is 7.57. The molecule has 0 saturated heterocycles. The molecule has 0 aliphatic rings. The minimum atomic E-state index is -0.181. The Balaban J connectivity index is 1.93. The first-order valence-corrected chi connectivity index (χ1v) is 15.5. The lowest BCUT2D eigenvalue weighted by molar-refractivity contribution is 0.444. The minimum absolute atomic E-state index is 0.181. The zero-order valence-electron chi connectivity index (χ0n) is 27.5. The third-order valence-electron chi connectivity index (χ3n) is 7.57. The maximum absolute atomic E-state index is 11.1.